The highest BCUT2D eigenvalue weighted by Crippen LogP contribution is 2.27. The molecule has 0 fully saturated rings. The number of guanidine groups is 2. The molecule has 0 aromatic heterocycles. The SMILES string of the molecule is Cc1ccc(S(=O)(=O)O)cc1.NC(N)=NC(N)=Nc1cc(Cl)ccc1Cl. The molecule has 26 heavy (non-hydrogen) atoms. The third-order valence-corrected chi connectivity index (χ3v) is 4.13. The molecule has 2 aromatic carbocycles. The molecular weight excluding hydrogens is 401 g/mol. The summed E-state index contributed by atoms with van der Waals surface area (Å²) in [5.41, 5.74) is 17.0. The molecule has 0 amide bonds. The maximum Gasteiger partial charge on any atom is 0.294 e. The molecule has 0 saturated heterocycles. The Morgan fingerprint density at radius 1 is 1.04 bits per heavy atom. The summed E-state index contributed by atoms with van der Waals surface area (Å²) in [4.78, 5) is 7.37. The van der Waals surface area contributed by atoms with Gasteiger partial charge < -0.3 is 17.2 Å². The van der Waals surface area contributed by atoms with Gasteiger partial charge in [0.05, 0.1) is 15.6 Å². The van der Waals surface area contributed by atoms with Gasteiger partial charge in [0.25, 0.3) is 10.1 Å². The highest BCUT2D eigenvalue weighted by Gasteiger charge is 2.06. The van der Waals surface area contributed by atoms with Gasteiger partial charge in [-0.3, -0.25) is 4.55 Å². The topological polar surface area (TPSA) is 157 Å². The van der Waals surface area contributed by atoms with E-state index in [-0.39, 0.29) is 16.8 Å². The predicted octanol–water partition coefficient (Wildman–Crippen LogP) is 2.45. The normalized spacial score (nSPS) is 11.3. The van der Waals surface area contributed by atoms with Crippen LogP contribution in [0.5, 0.6) is 0 Å². The fourth-order valence-electron chi connectivity index (χ4n) is 1.56. The van der Waals surface area contributed by atoms with Gasteiger partial charge >= 0.3 is 0 Å². The quantitative estimate of drug-likeness (QED) is 0.333. The molecule has 2 aromatic rings. The molecule has 11 heteroatoms. The van der Waals surface area contributed by atoms with Crippen LogP contribution in [0.1, 0.15) is 5.56 Å². The zero-order valence-electron chi connectivity index (χ0n) is 13.6. The van der Waals surface area contributed by atoms with Crippen LogP contribution in [0.2, 0.25) is 10.0 Å². The summed E-state index contributed by atoms with van der Waals surface area (Å²) < 4.78 is 29.6. The van der Waals surface area contributed by atoms with Gasteiger partial charge in [0, 0.05) is 5.02 Å². The van der Waals surface area contributed by atoms with Gasteiger partial charge in [0.1, 0.15) is 0 Å². The maximum absolute atomic E-state index is 10.5. The third kappa shape index (κ3) is 7.70. The summed E-state index contributed by atoms with van der Waals surface area (Å²) in [6, 6.07) is 10.8. The highest BCUT2D eigenvalue weighted by atomic mass is 35.5. The zero-order valence-corrected chi connectivity index (χ0v) is 15.9. The monoisotopic (exact) mass is 417 g/mol. The van der Waals surface area contributed by atoms with Gasteiger partial charge in [0.2, 0.25) is 5.96 Å². The minimum Gasteiger partial charge on any atom is -0.370 e. The minimum absolute atomic E-state index is 0.0666. The molecule has 2 rings (SSSR count). The fraction of sp³-hybridized carbons (Fsp3) is 0.0667. The number of benzene rings is 2. The van der Waals surface area contributed by atoms with Crippen LogP contribution in [0.15, 0.2) is 57.3 Å². The maximum atomic E-state index is 10.5. The number of aliphatic imine (C=N–C) groups is 2. The van der Waals surface area contributed by atoms with Gasteiger partial charge in [-0.1, -0.05) is 40.9 Å². The van der Waals surface area contributed by atoms with Crippen molar-refractivity contribution in [3.05, 3.63) is 58.1 Å². The first-order chi connectivity index (χ1) is 12.0. The molecular formula is C15H17Cl2N5O3S. The smallest absolute Gasteiger partial charge is 0.294 e. The largest absolute Gasteiger partial charge is 0.370 e. The Balaban J connectivity index is 0.000000273. The predicted molar refractivity (Wildman–Crippen MR) is 105 cm³/mol. The number of hydrogen-bond acceptors (Lipinski definition) is 3. The lowest BCUT2D eigenvalue weighted by Gasteiger charge is -1.99. The molecule has 0 aliphatic rings. The first-order valence-electron chi connectivity index (χ1n) is 6.92. The molecule has 0 aliphatic carbocycles. The molecule has 0 saturated carbocycles. The first-order valence-corrected chi connectivity index (χ1v) is 9.11. The van der Waals surface area contributed by atoms with Crippen LogP contribution < -0.4 is 17.2 Å². The summed E-state index contributed by atoms with van der Waals surface area (Å²) in [6.07, 6.45) is 0. The Kier molecular flexibility index (Phi) is 7.84. The highest BCUT2D eigenvalue weighted by molar-refractivity contribution is 7.85. The lowest BCUT2D eigenvalue weighted by molar-refractivity contribution is 0.483. The van der Waals surface area contributed by atoms with Crippen LogP contribution >= 0.6 is 23.2 Å². The molecule has 0 bridgehead atoms. The van der Waals surface area contributed by atoms with E-state index >= 15 is 0 Å². The number of nitrogens with zero attached hydrogens (tertiary/aromatic N) is 2. The van der Waals surface area contributed by atoms with E-state index in [2.05, 4.69) is 9.98 Å². The summed E-state index contributed by atoms with van der Waals surface area (Å²) in [6.45, 7) is 1.84. The number of nitrogens with two attached hydrogens (primary N) is 3. The van der Waals surface area contributed by atoms with E-state index in [4.69, 9.17) is 45.0 Å². The Labute approximate surface area is 161 Å². The van der Waals surface area contributed by atoms with Crippen molar-refractivity contribution in [2.75, 3.05) is 0 Å². The number of aryl methyl sites for hydroxylation is 1. The Morgan fingerprint density at radius 3 is 2.12 bits per heavy atom. The summed E-state index contributed by atoms with van der Waals surface area (Å²) in [7, 11) is -4.02. The van der Waals surface area contributed by atoms with E-state index in [1.165, 1.54) is 12.1 Å². The van der Waals surface area contributed by atoms with E-state index in [0.717, 1.165) is 5.56 Å². The molecule has 0 spiro atoms. The molecule has 0 aliphatic heterocycles. The van der Waals surface area contributed by atoms with Crippen LogP contribution in [-0.4, -0.2) is 24.9 Å². The molecule has 8 nitrogen and oxygen atoms in total. The average molecular weight is 418 g/mol. The van der Waals surface area contributed by atoms with Crippen molar-refractivity contribution in [3.63, 3.8) is 0 Å². The zero-order chi connectivity index (χ0) is 19.9. The van der Waals surface area contributed by atoms with Crippen molar-refractivity contribution in [2.45, 2.75) is 11.8 Å². The van der Waals surface area contributed by atoms with Gasteiger partial charge in [-0.05, 0) is 37.3 Å². The van der Waals surface area contributed by atoms with Crippen LogP contribution in [0.3, 0.4) is 0 Å². The Hall–Kier alpha value is -2.33. The van der Waals surface area contributed by atoms with Crippen molar-refractivity contribution in [1.82, 2.24) is 0 Å². The second-order valence-electron chi connectivity index (χ2n) is 4.89. The first kappa shape index (κ1) is 21.7. The second kappa shape index (κ2) is 9.39. The number of halogens is 2. The third-order valence-electron chi connectivity index (χ3n) is 2.71. The van der Waals surface area contributed by atoms with Gasteiger partial charge in [-0.15, -0.1) is 0 Å². The van der Waals surface area contributed by atoms with E-state index in [1.54, 1.807) is 30.3 Å². The molecule has 0 radical (unpaired) electrons. The second-order valence-corrected chi connectivity index (χ2v) is 7.16. The van der Waals surface area contributed by atoms with Crippen LogP contribution in [-0.2, 0) is 10.1 Å². The van der Waals surface area contributed by atoms with E-state index in [0.29, 0.717) is 15.7 Å². The Morgan fingerprint density at radius 2 is 1.62 bits per heavy atom. The van der Waals surface area contributed by atoms with Crippen LogP contribution in [0, 0.1) is 6.92 Å². The number of hydrogen-bond donors (Lipinski definition) is 4. The molecule has 0 unspecified atom stereocenters. The molecule has 140 valence electrons. The van der Waals surface area contributed by atoms with Gasteiger partial charge in [-0.2, -0.15) is 13.4 Å². The Bertz CT molecular complexity index is 925. The van der Waals surface area contributed by atoms with E-state index in [9.17, 15) is 8.42 Å². The summed E-state index contributed by atoms with van der Waals surface area (Å²) in [5.74, 6) is -0.256. The van der Waals surface area contributed by atoms with Crippen molar-refractivity contribution in [2.24, 2.45) is 27.2 Å². The van der Waals surface area contributed by atoms with E-state index in [1.807, 2.05) is 6.92 Å². The molecule has 0 heterocycles. The minimum atomic E-state index is -4.02. The lowest BCUT2D eigenvalue weighted by atomic mass is 10.2. The summed E-state index contributed by atoms with van der Waals surface area (Å²) in [5, 5.41) is 0.906. The fourth-order valence-corrected chi connectivity index (χ4v) is 2.37. The van der Waals surface area contributed by atoms with Crippen molar-refractivity contribution >= 4 is 50.9 Å². The van der Waals surface area contributed by atoms with Crippen molar-refractivity contribution < 1.29 is 13.0 Å². The number of rotatable bonds is 2. The van der Waals surface area contributed by atoms with Crippen molar-refractivity contribution in [1.29, 1.82) is 0 Å². The lowest BCUT2D eigenvalue weighted by Crippen LogP contribution is -2.26. The van der Waals surface area contributed by atoms with E-state index < -0.39 is 10.1 Å². The van der Waals surface area contributed by atoms with Crippen LogP contribution in [0.25, 0.3) is 0 Å². The average Bonchev–Trinajstić information content (AvgIpc) is 2.50. The van der Waals surface area contributed by atoms with Crippen LogP contribution in [0.4, 0.5) is 5.69 Å². The van der Waals surface area contributed by atoms with Gasteiger partial charge in [-0.25, -0.2) is 4.99 Å². The van der Waals surface area contributed by atoms with Gasteiger partial charge in [0.15, 0.2) is 5.96 Å². The standard InChI is InChI=1S/C8H9Cl2N5.C7H8O3S/c9-4-1-2-5(10)6(3-4)14-8(13)15-7(11)12;1-6-2-4-7(5-3-6)11(8,9)10/h1-3H,(H6,11,12,13,14,15);2-5H,1H3,(H,8,9,10). The van der Waals surface area contributed by atoms with Crippen molar-refractivity contribution in [3.8, 4) is 0 Å². The summed E-state index contributed by atoms with van der Waals surface area (Å²) >= 11 is 11.6. The molecule has 7 N–H and O–H groups in total. The molecule has 0 atom stereocenters.